The second kappa shape index (κ2) is 7.43. The van der Waals surface area contributed by atoms with E-state index in [-0.39, 0.29) is 0 Å². The Morgan fingerprint density at radius 1 is 1.00 bits per heavy atom. The van der Waals surface area contributed by atoms with Gasteiger partial charge in [-0.2, -0.15) is 0 Å². The molecule has 2 heterocycles. The fraction of sp³-hybridized carbons (Fsp3) is 1.00. The number of fused-ring (bicyclic) bond motifs is 2. The van der Waals surface area contributed by atoms with E-state index in [4.69, 9.17) is 4.74 Å². The van der Waals surface area contributed by atoms with Gasteiger partial charge in [0.25, 0.3) is 0 Å². The van der Waals surface area contributed by atoms with Crippen molar-refractivity contribution in [2.75, 3.05) is 19.6 Å². The van der Waals surface area contributed by atoms with Crippen molar-refractivity contribution in [3.63, 3.8) is 0 Å². The van der Waals surface area contributed by atoms with Crippen LogP contribution in [0.5, 0.6) is 0 Å². The smallest absolute Gasteiger partial charge is 0.0707 e. The summed E-state index contributed by atoms with van der Waals surface area (Å²) in [7, 11) is 0. The Bertz CT molecular complexity index is 310. The summed E-state index contributed by atoms with van der Waals surface area (Å²) in [5, 5.41) is 3.85. The number of likely N-dealkylation sites (tertiary alicyclic amines) is 1. The Balaban J connectivity index is 1.63. The molecule has 21 heavy (non-hydrogen) atoms. The molecular weight excluding hydrogens is 260 g/mol. The van der Waals surface area contributed by atoms with E-state index in [0.717, 1.165) is 18.0 Å². The first-order valence-electron chi connectivity index (χ1n) is 9.43. The van der Waals surface area contributed by atoms with Gasteiger partial charge >= 0.3 is 0 Å². The van der Waals surface area contributed by atoms with Gasteiger partial charge < -0.3 is 10.1 Å². The molecule has 2 saturated heterocycles. The summed E-state index contributed by atoms with van der Waals surface area (Å²) < 4.78 is 6.05. The minimum absolute atomic E-state index is 0.530. The van der Waals surface area contributed by atoms with Crippen molar-refractivity contribution < 1.29 is 4.74 Å². The quantitative estimate of drug-likeness (QED) is 0.814. The van der Waals surface area contributed by atoms with E-state index in [1.807, 2.05) is 0 Å². The highest BCUT2D eigenvalue weighted by atomic mass is 16.5. The highest BCUT2D eigenvalue weighted by Gasteiger charge is 2.40. The van der Waals surface area contributed by atoms with Crippen LogP contribution in [0.3, 0.4) is 0 Å². The first kappa shape index (κ1) is 15.8. The maximum atomic E-state index is 6.05. The van der Waals surface area contributed by atoms with E-state index < -0.39 is 0 Å². The first-order valence-corrected chi connectivity index (χ1v) is 9.43. The molecule has 1 aliphatic carbocycles. The molecule has 1 saturated carbocycles. The number of hydrogen-bond acceptors (Lipinski definition) is 3. The topological polar surface area (TPSA) is 24.5 Å². The average molecular weight is 294 g/mol. The molecule has 0 aromatic carbocycles. The lowest BCUT2D eigenvalue weighted by Gasteiger charge is -2.46. The van der Waals surface area contributed by atoms with Crippen molar-refractivity contribution in [3.05, 3.63) is 0 Å². The molecule has 0 aromatic rings. The molecule has 3 fully saturated rings. The van der Waals surface area contributed by atoms with Gasteiger partial charge in [0.05, 0.1) is 12.2 Å². The number of rotatable bonds is 6. The van der Waals surface area contributed by atoms with Crippen LogP contribution in [0.1, 0.15) is 65.2 Å². The van der Waals surface area contributed by atoms with E-state index in [9.17, 15) is 0 Å². The van der Waals surface area contributed by atoms with Crippen molar-refractivity contribution >= 4 is 0 Å². The normalized spacial score (nSPS) is 40.6. The molecule has 3 aliphatic rings. The van der Waals surface area contributed by atoms with Gasteiger partial charge in [0.15, 0.2) is 0 Å². The number of morpholine rings is 1. The van der Waals surface area contributed by atoms with Gasteiger partial charge in [-0.25, -0.2) is 0 Å². The van der Waals surface area contributed by atoms with Gasteiger partial charge in [0, 0.05) is 25.2 Å². The van der Waals surface area contributed by atoms with Crippen LogP contribution in [0.2, 0.25) is 0 Å². The molecule has 122 valence electrons. The zero-order valence-electron chi connectivity index (χ0n) is 14.0. The Kier molecular flexibility index (Phi) is 5.58. The first-order chi connectivity index (χ1) is 10.3. The molecule has 3 nitrogen and oxygen atoms in total. The zero-order valence-corrected chi connectivity index (χ0v) is 14.0. The third kappa shape index (κ3) is 3.80. The number of ether oxygens (including phenoxy) is 1. The highest BCUT2D eigenvalue weighted by molar-refractivity contribution is 4.96. The predicted octanol–water partition coefficient (Wildman–Crippen LogP) is 3.19. The summed E-state index contributed by atoms with van der Waals surface area (Å²) in [6, 6.07) is 1.48. The van der Waals surface area contributed by atoms with Gasteiger partial charge in [-0.05, 0) is 51.0 Å². The second-order valence-electron chi connectivity index (χ2n) is 7.51. The van der Waals surface area contributed by atoms with Crippen LogP contribution >= 0.6 is 0 Å². The summed E-state index contributed by atoms with van der Waals surface area (Å²) in [5.41, 5.74) is 0. The number of nitrogens with zero attached hydrogens (tertiary/aromatic N) is 1. The van der Waals surface area contributed by atoms with Crippen LogP contribution < -0.4 is 5.32 Å². The molecule has 5 unspecified atom stereocenters. The summed E-state index contributed by atoms with van der Waals surface area (Å²) >= 11 is 0. The molecule has 0 spiro atoms. The van der Waals surface area contributed by atoms with Crippen LogP contribution in [0.4, 0.5) is 0 Å². The number of hydrogen-bond donors (Lipinski definition) is 1. The van der Waals surface area contributed by atoms with E-state index in [1.54, 1.807) is 0 Å². The zero-order chi connectivity index (χ0) is 14.7. The van der Waals surface area contributed by atoms with E-state index in [1.165, 1.54) is 71.0 Å². The van der Waals surface area contributed by atoms with Crippen LogP contribution in [0.25, 0.3) is 0 Å². The van der Waals surface area contributed by atoms with Gasteiger partial charge in [-0.1, -0.05) is 26.7 Å². The summed E-state index contributed by atoms with van der Waals surface area (Å²) in [6.45, 7) is 8.16. The lowest BCUT2D eigenvalue weighted by Crippen LogP contribution is -2.57. The standard InChI is InChI=1S/C18H34N2O/c1-3-5-14-6-9-17(19-10-4-2)18(11-14)20-12-15-7-8-16(13-20)21-15/h14-19H,3-13H2,1-2H3. The molecular formula is C18H34N2O. The molecule has 3 rings (SSSR count). The number of nitrogens with one attached hydrogen (secondary N) is 1. The molecule has 2 aliphatic heterocycles. The summed E-state index contributed by atoms with van der Waals surface area (Å²) in [4.78, 5) is 2.79. The fourth-order valence-electron chi connectivity index (χ4n) is 4.79. The third-order valence-corrected chi connectivity index (χ3v) is 5.82. The average Bonchev–Trinajstić information content (AvgIpc) is 2.84. The molecule has 3 heteroatoms. The van der Waals surface area contributed by atoms with E-state index >= 15 is 0 Å². The fourth-order valence-corrected chi connectivity index (χ4v) is 4.79. The van der Waals surface area contributed by atoms with Gasteiger partial charge in [-0.3, -0.25) is 4.90 Å². The lowest BCUT2D eigenvalue weighted by molar-refractivity contribution is -0.0658. The molecule has 2 bridgehead atoms. The maximum absolute atomic E-state index is 6.05. The molecule has 0 radical (unpaired) electrons. The minimum atomic E-state index is 0.530. The van der Waals surface area contributed by atoms with Gasteiger partial charge in [-0.15, -0.1) is 0 Å². The SMILES string of the molecule is CCCNC1CCC(CCC)CC1N1CC2CCC(C1)O2. The van der Waals surface area contributed by atoms with Gasteiger partial charge in [0.1, 0.15) is 0 Å². The van der Waals surface area contributed by atoms with Crippen LogP contribution in [0, 0.1) is 5.92 Å². The summed E-state index contributed by atoms with van der Waals surface area (Å²) in [5.74, 6) is 0.958. The van der Waals surface area contributed by atoms with Gasteiger partial charge in [0.2, 0.25) is 0 Å². The highest BCUT2D eigenvalue weighted by Crippen LogP contribution is 2.35. The lowest BCUT2D eigenvalue weighted by atomic mass is 9.79. The predicted molar refractivity (Wildman–Crippen MR) is 87.6 cm³/mol. The Morgan fingerprint density at radius 2 is 1.76 bits per heavy atom. The Morgan fingerprint density at radius 3 is 2.43 bits per heavy atom. The Hall–Kier alpha value is -0.120. The Labute approximate surface area is 130 Å². The van der Waals surface area contributed by atoms with Crippen LogP contribution in [-0.4, -0.2) is 48.8 Å². The molecule has 0 amide bonds. The monoisotopic (exact) mass is 294 g/mol. The van der Waals surface area contributed by atoms with Crippen molar-refractivity contribution in [2.24, 2.45) is 5.92 Å². The molecule has 1 N–H and O–H groups in total. The van der Waals surface area contributed by atoms with Crippen molar-refractivity contribution in [2.45, 2.75) is 89.5 Å². The molecule has 5 atom stereocenters. The maximum Gasteiger partial charge on any atom is 0.0707 e. The largest absolute Gasteiger partial charge is 0.372 e. The van der Waals surface area contributed by atoms with Crippen molar-refractivity contribution in [1.29, 1.82) is 0 Å². The minimum Gasteiger partial charge on any atom is -0.372 e. The van der Waals surface area contributed by atoms with E-state index in [2.05, 4.69) is 24.1 Å². The van der Waals surface area contributed by atoms with E-state index in [0.29, 0.717) is 12.2 Å². The second-order valence-corrected chi connectivity index (χ2v) is 7.51. The third-order valence-electron chi connectivity index (χ3n) is 5.82. The van der Waals surface area contributed by atoms with Crippen LogP contribution in [0.15, 0.2) is 0 Å². The van der Waals surface area contributed by atoms with Crippen LogP contribution in [-0.2, 0) is 4.74 Å². The molecule has 0 aromatic heterocycles. The van der Waals surface area contributed by atoms with Crippen molar-refractivity contribution in [3.8, 4) is 0 Å². The van der Waals surface area contributed by atoms with Crippen molar-refractivity contribution in [1.82, 2.24) is 10.2 Å². The summed E-state index contributed by atoms with van der Waals surface area (Å²) in [6.07, 6.45) is 11.9.